The van der Waals surface area contributed by atoms with E-state index in [1.807, 2.05) is 12.1 Å². The molecule has 0 saturated carbocycles. The molecule has 4 heterocycles. The molecule has 6 nitrogen and oxygen atoms in total. The lowest BCUT2D eigenvalue weighted by molar-refractivity contribution is -0.115. The number of carbonyl (C=O) groups is 2. The maximum atomic E-state index is 14.7. The summed E-state index contributed by atoms with van der Waals surface area (Å²) in [7, 11) is 0. The van der Waals surface area contributed by atoms with Crippen molar-refractivity contribution in [3.05, 3.63) is 64.9 Å². The van der Waals surface area contributed by atoms with Gasteiger partial charge in [-0.2, -0.15) is 0 Å². The summed E-state index contributed by atoms with van der Waals surface area (Å²) in [6.07, 6.45) is 3.76. The van der Waals surface area contributed by atoms with E-state index < -0.39 is 5.82 Å². The smallest absolute Gasteiger partial charge is 0.274 e. The Labute approximate surface area is 185 Å². The zero-order valence-corrected chi connectivity index (χ0v) is 18.0. The van der Waals surface area contributed by atoms with E-state index in [0.717, 1.165) is 24.0 Å². The highest BCUT2D eigenvalue weighted by molar-refractivity contribution is 6.06. The van der Waals surface area contributed by atoms with Crippen LogP contribution in [0, 0.1) is 11.2 Å². The number of halogens is 1. The zero-order chi connectivity index (χ0) is 22.2. The van der Waals surface area contributed by atoms with Gasteiger partial charge in [0.1, 0.15) is 17.3 Å². The first-order chi connectivity index (χ1) is 15.3. The molecule has 1 N–H and O–H groups in total. The van der Waals surface area contributed by atoms with Gasteiger partial charge in [-0.05, 0) is 65.3 Å². The zero-order valence-electron chi connectivity index (χ0n) is 18.0. The molecule has 3 aliphatic rings. The van der Waals surface area contributed by atoms with E-state index >= 15 is 0 Å². The lowest BCUT2D eigenvalue weighted by Gasteiger charge is -2.30. The summed E-state index contributed by atoms with van der Waals surface area (Å²) in [6.45, 7) is 5.69. The summed E-state index contributed by atoms with van der Waals surface area (Å²) >= 11 is 0. The number of pyridine rings is 1. The van der Waals surface area contributed by atoms with E-state index in [4.69, 9.17) is 0 Å². The van der Waals surface area contributed by atoms with Crippen LogP contribution in [0.15, 0.2) is 36.5 Å². The fraction of sp³-hybridized carbons (Fsp3) is 0.320. The maximum Gasteiger partial charge on any atom is 0.274 e. The summed E-state index contributed by atoms with van der Waals surface area (Å²) in [6, 6.07) is 8.48. The van der Waals surface area contributed by atoms with Gasteiger partial charge in [-0.3, -0.25) is 9.59 Å². The molecule has 0 radical (unpaired) electrons. The average Bonchev–Trinajstić information content (AvgIpc) is 3.36. The molecule has 0 spiro atoms. The van der Waals surface area contributed by atoms with Gasteiger partial charge >= 0.3 is 0 Å². The number of aromatic nitrogens is 2. The highest BCUT2D eigenvalue weighted by Crippen LogP contribution is 2.40. The first-order valence-electron chi connectivity index (χ1n) is 10.9. The van der Waals surface area contributed by atoms with Crippen LogP contribution in [0.4, 0.5) is 15.9 Å². The number of hydrogen-bond donors (Lipinski definition) is 1. The molecule has 0 fully saturated rings. The molecular formula is C25H23FN4O2. The Kier molecular flexibility index (Phi) is 3.91. The van der Waals surface area contributed by atoms with E-state index in [0.29, 0.717) is 35.9 Å². The van der Waals surface area contributed by atoms with Crippen molar-refractivity contribution < 1.29 is 14.0 Å². The SMILES string of the molecule is CC1(C)Cc2cc3n(c2C1)CCN(c1cc(F)cc(-c2ccnc4c2CC(=O)N4)c1)C3=O. The van der Waals surface area contributed by atoms with Crippen LogP contribution in [0.5, 0.6) is 0 Å². The topological polar surface area (TPSA) is 67.2 Å². The van der Waals surface area contributed by atoms with E-state index in [-0.39, 0.29) is 23.7 Å². The molecule has 6 rings (SSSR count). The molecule has 0 saturated heterocycles. The first-order valence-corrected chi connectivity index (χ1v) is 10.9. The van der Waals surface area contributed by atoms with Gasteiger partial charge in [0.15, 0.2) is 0 Å². The molecule has 2 aliphatic heterocycles. The van der Waals surface area contributed by atoms with E-state index in [2.05, 4.69) is 28.7 Å². The second-order valence-electron chi connectivity index (χ2n) is 9.74. The second-order valence-corrected chi connectivity index (χ2v) is 9.74. The molecular weight excluding hydrogens is 407 g/mol. The summed E-state index contributed by atoms with van der Waals surface area (Å²) in [5.74, 6) is -0.127. The fourth-order valence-electron chi connectivity index (χ4n) is 5.43. The summed E-state index contributed by atoms with van der Waals surface area (Å²) in [5, 5.41) is 2.73. The molecule has 2 aromatic heterocycles. The van der Waals surface area contributed by atoms with Crippen molar-refractivity contribution in [2.75, 3.05) is 16.8 Å². The number of hydrogen-bond acceptors (Lipinski definition) is 3. The number of anilines is 2. The van der Waals surface area contributed by atoms with Crippen LogP contribution in [0.2, 0.25) is 0 Å². The molecule has 3 aromatic rings. The van der Waals surface area contributed by atoms with Crippen LogP contribution in [0.1, 0.15) is 41.2 Å². The third kappa shape index (κ3) is 2.87. The van der Waals surface area contributed by atoms with Crippen LogP contribution < -0.4 is 10.2 Å². The monoisotopic (exact) mass is 430 g/mol. The third-order valence-corrected chi connectivity index (χ3v) is 6.78. The number of fused-ring (bicyclic) bond motifs is 4. The first kappa shape index (κ1) is 19.2. The Morgan fingerprint density at radius 1 is 1.09 bits per heavy atom. The van der Waals surface area contributed by atoms with Crippen molar-refractivity contribution in [1.82, 2.24) is 9.55 Å². The van der Waals surface area contributed by atoms with Crippen molar-refractivity contribution in [3.63, 3.8) is 0 Å². The van der Waals surface area contributed by atoms with Crippen LogP contribution in [-0.2, 0) is 30.6 Å². The second kappa shape index (κ2) is 6.51. The lowest BCUT2D eigenvalue weighted by atomic mass is 9.90. The number of nitrogens with zero attached hydrogens (tertiary/aromatic N) is 3. The van der Waals surface area contributed by atoms with E-state index in [1.165, 1.54) is 23.4 Å². The Bertz CT molecular complexity index is 1320. The molecule has 2 amide bonds. The predicted octanol–water partition coefficient (Wildman–Crippen LogP) is 3.97. The highest BCUT2D eigenvalue weighted by atomic mass is 19.1. The van der Waals surface area contributed by atoms with Gasteiger partial charge in [-0.15, -0.1) is 0 Å². The molecule has 0 unspecified atom stereocenters. The predicted molar refractivity (Wildman–Crippen MR) is 119 cm³/mol. The van der Waals surface area contributed by atoms with Gasteiger partial charge in [-0.1, -0.05) is 13.8 Å². The van der Waals surface area contributed by atoms with E-state index in [1.54, 1.807) is 17.2 Å². The molecule has 0 bridgehead atoms. The van der Waals surface area contributed by atoms with Crippen molar-refractivity contribution >= 4 is 23.3 Å². The highest BCUT2D eigenvalue weighted by Gasteiger charge is 2.37. The summed E-state index contributed by atoms with van der Waals surface area (Å²) < 4.78 is 16.8. The van der Waals surface area contributed by atoms with Crippen LogP contribution >= 0.6 is 0 Å². The average molecular weight is 430 g/mol. The van der Waals surface area contributed by atoms with Gasteiger partial charge < -0.3 is 14.8 Å². The number of nitrogens with one attached hydrogen (secondary N) is 1. The molecule has 162 valence electrons. The normalized spacial score (nSPS) is 18.4. The van der Waals surface area contributed by atoms with Crippen molar-refractivity contribution in [3.8, 4) is 11.1 Å². The molecule has 1 aromatic carbocycles. The van der Waals surface area contributed by atoms with Gasteiger partial charge in [0, 0.05) is 36.2 Å². The van der Waals surface area contributed by atoms with Crippen LogP contribution in [0.3, 0.4) is 0 Å². The minimum absolute atomic E-state index is 0.100. The number of rotatable bonds is 2. The van der Waals surface area contributed by atoms with Gasteiger partial charge in [0.25, 0.3) is 5.91 Å². The maximum absolute atomic E-state index is 14.7. The summed E-state index contributed by atoms with van der Waals surface area (Å²) in [4.78, 5) is 31.1. The largest absolute Gasteiger partial charge is 0.339 e. The Morgan fingerprint density at radius 3 is 2.78 bits per heavy atom. The molecule has 7 heteroatoms. The minimum Gasteiger partial charge on any atom is -0.339 e. The Balaban J connectivity index is 1.38. The Morgan fingerprint density at radius 2 is 1.94 bits per heavy atom. The van der Waals surface area contributed by atoms with Gasteiger partial charge in [0.05, 0.1) is 6.42 Å². The lowest BCUT2D eigenvalue weighted by Crippen LogP contribution is -2.40. The van der Waals surface area contributed by atoms with Crippen molar-refractivity contribution in [1.29, 1.82) is 0 Å². The van der Waals surface area contributed by atoms with Crippen LogP contribution in [0.25, 0.3) is 11.1 Å². The van der Waals surface area contributed by atoms with Crippen LogP contribution in [-0.4, -0.2) is 27.9 Å². The number of amides is 2. The fourth-order valence-corrected chi connectivity index (χ4v) is 5.43. The third-order valence-electron chi connectivity index (χ3n) is 6.78. The van der Waals surface area contributed by atoms with E-state index in [9.17, 15) is 14.0 Å². The summed E-state index contributed by atoms with van der Waals surface area (Å²) in [5.41, 5.74) is 6.10. The standard InChI is InChI=1S/C25H23FN4O2/c1-25(2)12-15-9-20-24(32)29(5-6-30(20)21(15)13-25)17-8-14(7-16(26)10-17)18-3-4-27-23-19(18)11-22(31)28-23/h3-4,7-10H,5-6,11-13H2,1-2H3,(H,27,28,31). The number of carbonyl (C=O) groups excluding carboxylic acids is 2. The van der Waals surface area contributed by atoms with Crippen molar-refractivity contribution in [2.45, 2.75) is 39.7 Å². The van der Waals surface area contributed by atoms with Gasteiger partial charge in [-0.25, -0.2) is 9.37 Å². The minimum atomic E-state index is -0.418. The molecule has 32 heavy (non-hydrogen) atoms. The van der Waals surface area contributed by atoms with Crippen molar-refractivity contribution in [2.24, 2.45) is 5.41 Å². The van der Waals surface area contributed by atoms with Gasteiger partial charge in [0.2, 0.25) is 5.91 Å². The Hall–Kier alpha value is -3.48. The molecule has 0 atom stereocenters. The number of benzene rings is 1. The quantitative estimate of drug-likeness (QED) is 0.669. The molecule has 1 aliphatic carbocycles.